The number of fused-ring (bicyclic) bond motifs is 3. The van der Waals surface area contributed by atoms with Crippen LogP contribution in [0.1, 0.15) is 5.56 Å². The average Bonchev–Trinajstić information content (AvgIpc) is 3.93. The topological polar surface area (TPSA) is 166 Å². The molecule has 0 unspecified atom stereocenters. The van der Waals surface area contributed by atoms with Crippen LogP contribution in [0.25, 0.3) is 43.5 Å². The second kappa shape index (κ2) is 15.8. The van der Waals surface area contributed by atoms with Gasteiger partial charge >= 0.3 is 0 Å². The molecule has 0 amide bonds. The first kappa shape index (κ1) is 29.4. The van der Waals surface area contributed by atoms with Crippen LogP contribution in [0.2, 0.25) is 0 Å². The molecule has 0 aliphatic rings. The second-order valence-electron chi connectivity index (χ2n) is 8.90. The fraction of sp³-hybridized carbons (Fsp3) is 0.0323. The van der Waals surface area contributed by atoms with E-state index in [1.54, 1.807) is 36.3 Å². The standard InChI is InChI=1S/C9H9N3.C7H6N2.C7H5NS.C6H5N3.C2H3N3/c1-7-4-2-3-5-8(7)9-6-10-12-11-9;2*1-2-4-7-6(3-1)8-5-9-7;1-2-4-6-5(3-1)7-9-8-6;1-2-4-5-3-1/h2-6H,1H3,(H,10,11,12);1-5H,(H,8,9);1-5H;1-4H,(H,7,8,9);1-2H,(H,3,4,5). The monoisotopic (exact) mass is 600 g/mol. The van der Waals surface area contributed by atoms with E-state index in [1.807, 2.05) is 90.4 Å². The van der Waals surface area contributed by atoms with Gasteiger partial charge in [0.1, 0.15) is 11.2 Å². The molecule has 0 saturated heterocycles. The SMILES string of the molecule is Cc1ccccc1-c1c[nH]nn1.c1c[nH]nn1.c1ccc2[nH]cnc2c1.c1ccc2[nH]nnc2c1.c1ccc2scnc2c1. The van der Waals surface area contributed by atoms with E-state index in [-0.39, 0.29) is 0 Å². The van der Waals surface area contributed by atoms with Gasteiger partial charge in [-0.2, -0.15) is 0 Å². The first-order valence-electron chi connectivity index (χ1n) is 13.4. The Kier molecular flexibility index (Phi) is 10.6. The number of benzene rings is 4. The maximum Gasteiger partial charge on any atom is 0.113 e. The maximum atomic E-state index is 4.14. The van der Waals surface area contributed by atoms with Gasteiger partial charge in [-0.25, -0.2) is 9.97 Å². The number of aromatic nitrogens is 12. The molecule has 0 radical (unpaired) electrons. The molecular formula is C31H28N12S. The lowest BCUT2D eigenvalue weighted by Gasteiger charge is -1.98. The predicted octanol–water partition coefficient (Wildman–Crippen LogP) is 6.40. The van der Waals surface area contributed by atoms with Gasteiger partial charge in [0.2, 0.25) is 0 Å². The van der Waals surface area contributed by atoms with Gasteiger partial charge in [0.15, 0.2) is 0 Å². The summed E-state index contributed by atoms with van der Waals surface area (Å²) in [6, 6.07) is 31.9. The zero-order chi connectivity index (χ0) is 30.2. The zero-order valence-electron chi connectivity index (χ0n) is 23.6. The van der Waals surface area contributed by atoms with Crippen LogP contribution in [0.5, 0.6) is 0 Å². The van der Waals surface area contributed by atoms with Crippen LogP contribution in [-0.2, 0) is 0 Å². The van der Waals surface area contributed by atoms with Gasteiger partial charge in [-0.1, -0.05) is 76.3 Å². The van der Waals surface area contributed by atoms with Gasteiger partial charge in [0.05, 0.1) is 44.8 Å². The third-order valence-corrected chi connectivity index (χ3v) is 6.78. The molecule has 0 aliphatic heterocycles. The largest absolute Gasteiger partial charge is 0.345 e. The molecule has 44 heavy (non-hydrogen) atoms. The lowest BCUT2D eigenvalue weighted by atomic mass is 10.1. The molecule has 5 heterocycles. The van der Waals surface area contributed by atoms with Gasteiger partial charge in [-0.05, 0) is 48.9 Å². The van der Waals surface area contributed by atoms with Crippen LogP contribution in [0.4, 0.5) is 0 Å². The molecule has 0 saturated carbocycles. The highest BCUT2D eigenvalue weighted by Gasteiger charge is 2.01. The van der Waals surface area contributed by atoms with Crippen LogP contribution in [-0.4, -0.2) is 61.2 Å². The van der Waals surface area contributed by atoms with E-state index in [0.717, 1.165) is 38.8 Å². The molecule has 0 atom stereocenters. The number of rotatable bonds is 1. The summed E-state index contributed by atoms with van der Waals surface area (Å²) >= 11 is 1.68. The van der Waals surface area contributed by atoms with E-state index in [0.29, 0.717) is 0 Å². The van der Waals surface area contributed by atoms with E-state index >= 15 is 0 Å². The second-order valence-corrected chi connectivity index (χ2v) is 9.79. The van der Waals surface area contributed by atoms with Crippen molar-refractivity contribution in [3.8, 4) is 11.3 Å². The van der Waals surface area contributed by atoms with Gasteiger partial charge in [-0.3, -0.25) is 15.3 Å². The van der Waals surface area contributed by atoms with Crippen molar-refractivity contribution in [2.45, 2.75) is 6.92 Å². The zero-order valence-corrected chi connectivity index (χ0v) is 24.4. The van der Waals surface area contributed by atoms with Crippen molar-refractivity contribution in [2.75, 3.05) is 0 Å². The molecule has 218 valence electrons. The smallest absolute Gasteiger partial charge is 0.113 e. The summed E-state index contributed by atoms with van der Waals surface area (Å²) < 4.78 is 1.26. The van der Waals surface area contributed by atoms with Crippen molar-refractivity contribution < 1.29 is 0 Å². The number of nitrogens with zero attached hydrogens (tertiary/aromatic N) is 8. The Hall–Kier alpha value is -6.08. The molecule has 0 spiro atoms. The van der Waals surface area contributed by atoms with E-state index in [4.69, 9.17) is 0 Å². The number of aromatic amines is 4. The summed E-state index contributed by atoms with van der Waals surface area (Å²) in [5, 5.41) is 29.8. The Morgan fingerprint density at radius 3 is 2.07 bits per heavy atom. The van der Waals surface area contributed by atoms with E-state index in [1.165, 1.54) is 10.3 Å². The summed E-state index contributed by atoms with van der Waals surface area (Å²) in [5.41, 5.74) is 10.2. The van der Waals surface area contributed by atoms with Gasteiger partial charge in [-0.15, -0.1) is 26.6 Å². The van der Waals surface area contributed by atoms with Crippen LogP contribution >= 0.6 is 11.3 Å². The molecule has 9 rings (SSSR count). The van der Waals surface area contributed by atoms with Crippen LogP contribution in [0.3, 0.4) is 0 Å². The Morgan fingerprint density at radius 1 is 0.636 bits per heavy atom. The predicted molar refractivity (Wildman–Crippen MR) is 173 cm³/mol. The summed E-state index contributed by atoms with van der Waals surface area (Å²) in [6.45, 7) is 2.06. The number of aryl methyl sites for hydroxylation is 1. The minimum absolute atomic E-state index is 0.896. The molecule has 12 nitrogen and oxygen atoms in total. The first-order chi connectivity index (χ1) is 21.8. The average molecular weight is 601 g/mol. The molecular weight excluding hydrogens is 572 g/mol. The van der Waals surface area contributed by atoms with E-state index in [9.17, 15) is 0 Å². The minimum Gasteiger partial charge on any atom is -0.345 e. The van der Waals surface area contributed by atoms with Crippen molar-refractivity contribution in [1.29, 1.82) is 0 Å². The molecule has 0 aliphatic carbocycles. The molecule has 0 fully saturated rings. The number of nitrogens with one attached hydrogen (secondary N) is 4. The van der Waals surface area contributed by atoms with Gasteiger partial charge in [0.25, 0.3) is 0 Å². The van der Waals surface area contributed by atoms with Gasteiger partial charge in [0, 0.05) is 18.0 Å². The number of para-hydroxylation sites is 4. The lowest BCUT2D eigenvalue weighted by Crippen LogP contribution is -1.81. The van der Waals surface area contributed by atoms with Crippen LogP contribution in [0, 0.1) is 6.92 Å². The summed E-state index contributed by atoms with van der Waals surface area (Å²) in [5.74, 6) is 0. The molecule has 9 aromatic rings. The number of thiazole rings is 1. The molecule has 0 bridgehead atoms. The number of imidazole rings is 1. The molecule has 5 aromatic heterocycles. The summed E-state index contributed by atoms with van der Waals surface area (Å²) in [6.07, 6.45) is 6.73. The van der Waals surface area contributed by atoms with Crippen molar-refractivity contribution in [3.05, 3.63) is 133 Å². The van der Waals surface area contributed by atoms with E-state index < -0.39 is 0 Å². The molecule has 13 heteroatoms. The normalized spacial score (nSPS) is 9.93. The van der Waals surface area contributed by atoms with Crippen molar-refractivity contribution in [1.82, 2.24) is 61.2 Å². The minimum atomic E-state index is 0.896. The van der Waals surface area contributed by atoms with E-state index in [2.05, 4.69) is 80.2 Å². The van der Waals surface area contributed by atoms with Crippen molar-refractivity contribution in [2.24, 2.45) is 0 Å². The number of hydrogen-bond acceptors (Lipinski definition) is 9. The van der Waals surface area contributed by atoms with Crippen LogP contribution < -0.4 is 0 Å². The third kappa shape index (κ3) is 8.47. The summed E-state index contributed by atoms with van der Waals surface area (Å²) in [4.78, 5) is 11.2. The Bertz CT molecular complexity index is 1800. The quantitative estimate of drug-likeness (QED) is 0.168. The fourth-order valence-corrected chi connectivity index (χ4v) is 4.51. The Balaban J connectivity index is 0.000000111. The highest BCUT2D eigenvalue weighted by atomic mass is 32.1. The highest BCUT2D eigenvalue weighted by Crippen LogP contribution is 2.19. The summed E-state index contributed by atoms with van der Waals surface area (Å²) in [7, 11) is 0. The van der Waals surface area contributed by atoms with Crippen molar-refractivity contribution >= 4 is 43.6 Å². The first-order valence-corrected chi connectivity index (χ1v) is 14.3. The highest BCUT2D eigenvalue weighted by molar-refractivity contribution is 7.16. The molecule has 4 aromatic carbocycles. The lowest BCUT2D eigenvalue weighted by molar-refractivity contribution is 0.940. The maximum absolute atomic E-state index is 4.14. The third-order valence-electron chi connectivity index (χ3n) is 5.97. The number of H-pyrrole nitrogens is 4. The van der Waals surface area contributed by atoms with Crippen molar-refractivity contribution in [3.63, 3.8) is 0 Å². The Labute approximate surface area is 255 Å². The van der Waals surface area contributed by atoms with Crippen LogP contribution in [0.15, 0.2) is 127 Å². The van der Waals surface area contributed by atoms with Gasteiger partial charge < -0.3 is 4.98 Å². The molecule has 4 N–H and O–H groups in total. The number of hydrogen-bond donors (Lipinski definition) is 4. The Morgan fingerprint density at radius 2 is 1.39 bits per heavy atom. The fourth-order valence-electron chi connectivity index (χ4n) is 3.83.